The Morgan fingerprint density at radius 2 is 1.86 bits per heavy atom. The van der Waals surface area contributed by atoms with Crippen LogP contribution in [0.3, 0.4) is 0 Å². The van der Waals surface area contributed by atoms with Gasteiger partial charge in [0.25, 0.3) is 5.91 Å². The molecule has 116 valence electrons. The zero-order valence-electron chi connectivity index (χ0n) is 12.5. The van der Waals surface area contributed by atoms with Crippen LogP contribution in [-0.2, 0) is 5.41 Å². The molecule has 0 radical (unpaired) electrons. The fourth-order valence-electron chi connectivity index (χ4n) is 2.23. The van der Waals surface area contributed by atoms with Crippen molar-refractivity contribution in [2.75, 3.05) is 12.3 Å². The molecule has 3 N–H and O–H groups in total. The lowest BCUT2D eigenvalue weighted by Crippen LogP contribution is -2.37. The summed E-state index contributed by atoms with van der Waals surface area (Å²) in [6.45, 7) is 3.84. The van der Waals surface area contributed by atoms with E-state index in [0.717, 1.165) is 6.07 Å². The maximum absolute atomic E-state index is 13.9. The Balaban J connectivity index is 2.13. The van der Waals surface area contributed by atoms with Crippen LogP contribution in [0.1, 0.15) is 29.8 Å². The van der Waals surface area contributed by atoms with E-state index in [-0.39, 0.29) is 23.6 Å². The van der Waals surface area contributed by atoms with Gasteiger partial charge >= 0.3 is 0 Å². The van der Waals surface area contributed by atoms with Crippen molar-refractivity contribution in [3.63, 3.8) is 0 Å². The van der Waals surface area contributed by atoms with Crippen molar-refractivity contribution in [3.05, 3.63) is 65.2 Å². The van der Waals surface area contributed by atoms with Crippen LogP contribution in [0.5, 0.6) is 0 Å². The van der Waals surface area contributed by atoms with Crippen LogP contribution in [0.25, 0.3) is 0 Å². The molecule has 2 aromatic carbocycles. The highest BCUT2D eigenvalue weighted by Gasteiger charge is 2.25. The molecule has 0 unspecified atom stereocenters. The molecule has 0 heterocycles. The van der Waals surface area contributed by atoms with Gasteiger partial charge in [-0.25, -0.2) is 8.78 Å². The third kappa shape index (κ3) is 3.42. The van der Waals surface area contributed by atoms with Gasteiger partial charge < -0.3 is 11.1 Å². The van der Waals surface area contributed by atoms with Crippen molar-refractivity contribution in [2.45, 2.75) is 19.3 Å². The highest BCUT2D eigenvalue weighted by molar-refractivity contribution is 5.99. The van der Waals surface area contributed by atoms with Crippen molar-refractivity contribution < 1.29 is 13.6 Å². The van der Waals surface area contributed by atoms with Gasteiger partial charge in [-0.1, -0.05) is 32.0 Å². The highest BCUT2D eigenvalue weighted by atomic mass is 19.1. The van der Waals surface area contributed by atoms with Crippen molar-refractivity contribution in [1.82, 2.24) is 5.32 Å². The molecule has 0 atom stereocenters. The van der Waals surface area contributed by atoms with E-state index in [1.165, 1.54) is 18.2 Å². The second-order valence-electron chi connectivity index (χ2n) is 5.78. The van der Waals surface area contributed by atoms with Crippen LogP contribution >= 0.6 is 0 Å². The smallest absolute Gasteiger partial charge is 0.253 e. The van der Waals surface area contributed by atoms with Gasteiger partial charge in [0.1, 0.15) is 11.6 Å². The fourth-order valence-corrected chi connectivity index (χ4v) is 2.23. The summed E-state index contributed by atoms with van der Waals surface area (Å²) < 4.78 is 27.1. The number of benzene rings is 2. The molecule has 0 aliphatic rings. The third-order valence-electron chi connectivity index (χ3n) is 3.55. The lowest BCUT2D eigenvalue weighted by Gasteiger charge is -2.26. The first kappa shape index (κ1) is 15.9. The molecule has 0 saturated heterocycles. The van der Waals surface area contributed by atoms with Gasteiger partial charge in [-0.2, -0.15) is 0 Å². The molecule has 22 heavy (non-hydrogen) atoms. The number of hydrogen-bond acceptors (Lipinski definition) is 2. The summed E-state index contributed by atoms with van der Waals surface area (Å²) in [5.74, 6) is -1.35. The van der Waals surface area contributed by atoms with Crippen LogP contribution < -0.4 is 11.1 Å². The van der Waals surface area contributed by atoms with Crippen molar-refractivity contribution >= 4 is 11.6 Å². The SMILES string of the molecule is CC(C)(CNC(=O)c1cc(F)ccc1N)c1ccccc1F. The normalized spacial score (nSPS) is 11.3. The largest absolute Gasteiger partial charge is 0.398 e. The van der Waals surface area contributed by atoms with Crippen molar-refractivity contribution in [3.8, 4) is 0 Å². The van der Waals surface area contributed by atoms with Crippen LogP contribution in [-0.4, -0.2) is 12.5 Å². The monoisotopic (exact) mass is 304 g/mol. The first-order valence-corrected chi connectivity index (χ1v) is 6.89. The standard InChI is InChI=1S/C17H18F2N2O/c1-17(2,13-5-3-4-6-14(13)19)10-21-16(22)12-9-11(18)7-8-15(12)20/h3-9H,10,20H2,1-2H3,(H,21,22). The second kappa shape index (κ2) is 6.13. The molecule has 3 nitrogen and oxygen atoms in total. The summed E-state index contributed by atoms with van der Waals surface area (Å²) in [4.78, 5) is 12.1. The summed E-state index contributed by atoms with van der Waals surface area (Å²) in [6.07, 6.45) is 0. The fraction of sp³-hybridized carbons (Fsp3) is 0.235. The molecule has 0 aliphatic carbocycles. The van der Waals surface area contributed by atoms with Gasteiger partial charge in [0.15, 0.2) is 0 Å². The van der Waals surface area contributed by atoms with Gasteiger partial charge in [-0.05, 0) is 29.8 Å². The van der Waals surface area contributed by atoms with Gasteiger partial charge in [0.2, 0.25) is 0 Å². The lowest BCUT2D eigenvalue weighted by atomic mass is 9.84. The Bertz CT molecular complexity index is 699. The average molecular weight is 304 g/mol. The van der Waals surface area contributed by atoms with Gasteiger partial charge in [0, 0.05) is 17.6 Å². The van der Waals surface area contributed by atoms with Gasteiger partial charge in [0.05, 0.1) is 5.56 Å². The second-order valence-corrected chi connectivity index (χ2v) is 5.78. The minimum absolute atomic E-state index is 0.0735. The van der Waals surface area contributed by atoms with E-state index in [1.54, 1.807) is 18.2 Å². The van der Waals surface area contributed by atoms with Crippen LogP contribution in [0.4, 0.5) is 14.5 Å². The quantitative estimate of drug-likeness (QED) is 0.852. The molecule has 1 amide bonds. The summed E-state index contributed by atoms with van der Waals surface area (Å²) in [5.41, 5.74) is 5.84. The lowest BCUT2D eigenvalue weighted by molar-refractivity contribution is 0.0945. The molecule has 0 spiro atoms. The van der Waals surface area contributed by atoms with E-state index in [1.807, 2.05) is 13.8 Å². The number of hydrogen-bond donors (Lipinski definition) is 2. The number of carbonyl (C=O) groups is 1. The summed E-state index contributed by atoms with van der Waals surface area (Å²) in [6, 6.07) is 10.0. The average Bonchev–Trinajstić information content (AvgIpc) is 2.47. The molecular formula is C17H18F2N2O. The number of nitrogen functional groups attached to an aromatic ring is 1. The number of nitrogens with one attached hydrogen (secondary N) is 1. The van der Waals surface area contributed by atoms with E-state index >= 15 is 0 Å². The first-order chi connectivity index (χ1) is 10.3. The van der Waals surface area contributed by atoms with Crippen molar-refractivity contribution in [2.24, 2.45) is 0 Å². The Hall–Kier alpha value is -2.43. The van der Waals surface area contributed by atoms with Crippen LogP contribution in [0, 0.1) is 11.6 Å². The Morgan fingerprint density at radius 1 is 1.18 bits per heavy atom. The summed E-state index contributed by atoms with van der Waals surface area (Å²) in [7, 11) is 0. The van der Waals surface area contributed by atoms with E-state index in [0.29, 0.717) is 5.56 Å². The molecule has 0 saturated carbocycles. The first-order valence-electron chi connectivity index (χ1n) is 6.89. The molecule has 0 aromatic heterocycles. The Morgan fingerprint density at radius 3 is 2.55 bits per heavy atom. The summed E-state index contributed by atoms with van der Waals surface area (Å²) >= 11 is 0. The van der Waals surface area contributed by atoms with Gasteiger partial charge in [-0.15, -0.1) is 0 Å². The maximum Gasteiger partial charge on any atom is 0.253 e. The number of carbonyl (C=O) groups excluding carboxylic acids is 1. The highest BCUT2D eigenvalue weighted by Crippen LogP contribution is 2.25. The van der Waals surface area contributed by atoms with E-state index in [2.05, 4.69) is 5.32 Å². The minimum Gasteiger partial charge on any atom is -0.398 e. The van der Waals surface area contributed by atoms with E-state index < -0.39 is 17.1 Å². The Kier molecular flexibility index (Phi) is 4.45. The molecule has 2 aromatic rings. The number of halogens is 2. The van der Waals surface area contributed by atoms with Gasteiger partial charge in [-0.3, -0.25) is 4.79 Å². The predicted octanol–water partition coefficient (Wildman–Crippen LogP) is 3.25. The molecule has 0 bridgehead atoms. The van der Waals surface area contributed by atoms with Crippen LogP contribution in [0.2, 0.25) is 0 Å². The number of amides is 1. The molecule has 5 heteroatoms. The predicted molar refractivity (Wildman–Crippen MR) is 82.6 cm³/mol. The van der Waals surface area contributed by atoms with Crippen molar-refractivity contribution in [1.29, 1.82) is 0 Å². The number of anilines is 1. The summed E-state index contributed by atoms with van der Waals surface area (Å²) in [5, 5.41) is 2.68. The third-order valence-corrected chi connectivity index (χ3v) is 3.55. The van der Waals surface area contributed by atoms with E-state index in [9.17, 15) is 13.6 Å². The molecule has 0 fully saturated rings. The van der Waals surface area contributed by atoms with Crippen LogP contribution in [0.15, 0.2) is 42.5 Å². The molecular weight excluding hydrogens is 286 g/mol. The Labute approximate surface area is 128 Å². The minimum atomic E-state index is -0.608. The number of nitrogens with two attached hydrogens (primary N) is 1. The maximum atomic E-state index is 13.9. The number of rotatable bonds is 4. The zero-order valence-corrected chi connectivity index (χ0v) is 12.5. The van der Waals surface area contributed by atoms with E-state index in [4.69, 9.17) is 5.73 Å². The molecule has 0 aliphatic heterocycles. The topological polar surface area (TPSA) is 55.1 Å². The zero-order chi connectivity index (χ0) is 16.3. The molecule has 2 rings (SSSR count).